The normalized spacial score (nSPS) is 43.1. The molecule has 7 atom stereocenters. The van der Waals surface area contributed by atoms with Crippen LogP contribution >= 0.6 is 0 Å². The van der Waals surface area contributed by atoms with E-state index in [0.29, 0.717) is 24.0 Å². The Hall–Kier alpha value is -0.790. The first-order valence-corrected chi connectivity index (χ1v) is 12.7. The maximum atomic E-state index is 9.32. The summed E-state index contributed by atoms with van der Waals surface area (Å²) in [6.07, 6.45) is 10.3. The van der Waals surface area contributed by atoms with Gasteiger partial charge in [0.25, 0.3) is 0 Å². The number of hydrogen-bond donors (Lipinski definition) is 3. The fourth-order valence-corrected chi connectivity index (χ4v) is 6.49. The van der Waals surface area contributed by atoms with Crippen molar-refractivity contribution in [1.29, 1.82) is 5.26 Å². The van der Waals surface area contributed by atoms with Crippen LogP contribution in [0.2, 0.25) is 0 Å². The standard InChI is InChI=1S/C23H40N6O2/c24-14-17-3-1-4-18(13-17)16-29-8-2-5-20(29)23-26-22(27-31-23)19-6-7-21(25-15-19)28-9-11-30-12-10-28/h17-23,25-27H,1-13,15-16H2. The quantitative estimate of drug-likeness (QED) is 0.598. The Morgan fingerprint density at radius 2 is 1.90 bits per heavy atom. The predicted octanol–water partition coefficient (Wildman–Crippen LogP) is 1.22. The lowest BCUT2D eigenvalue weighted by Gasteiger charge is -2.40. The van der Waals surface area contributed by atoms with Crippen LogP contribution in [0.1, 0.15) is 51.4 Å². The van der Waals surface area contributed by atoms with Gasteiger partial charge in [0.2, 0.25) is 0 Å². The van der Waals surface area contributed by atoms with E-state index < -0.39 is 0 Å². The number of nitriles is 1. The van der Waals surface area contributed by atoms with Crippen molar-refractivity contribution in [3.05, 3.63) is 0 Å². The van der Waals surface area contributed by atoms with E-state index >= 15 is 0 Å². The molecule has 4 heterocycles. The molecule has 4 saturated heterocycles. The first kappa shape index (κ1) is 22.0. The van der Waals surface area contributed by atoms with Crippen LogP contribution in [0.4, 0.5) is 0 Å². The highest BCUT2D eigenvalue weighted by Gasteiger charge is 2.41. The third kappa shape index (κ3) is 5.25. The topological polar surface area (TPSA) is 84.8 Å². The molecule has 1 saturated carbocycles. The van der Waals surface area contributed by atoms with E-state index in [1.165, 1.54) is 38.5 Å². The zero-order valence-electron chi connectivity index (χ0n) is 18.8. The molecule has 5 rings (SSSR count). The highest BCUT2D eigenvalue weighted by Crippen LogP contribution is 2.32. The number of hydroxylamine groups is 1. The van der Waals surface area contributed by atoms with E-state index in [2.05, 4.69) is 32.0 Å². The lowest BCUT2D eigenvalue weighted by atomic mass is 9.82. The van der Waals surface area contributed by atoms with Crippen molar-refractivity contribution in [2.45, 2.75) is 76.0 Å². The smallest absolute Gasteiger partial charge is 0.146 e. The summed E-state index contributed by atoms with van der Waals surface area (Å²) < 4.78 is 5.50. The molecule has 8 nitrogen and oxygen atoms in total. The van der Waals surface area contributed by atoms with E-state index in [-0.39, 0.29) is 18.3 Å². The molecule has 0 aromatic rings. The minimum Gasteiger partial charge on any atom is -0.379 e. The van der Waals surface area contributed by atoms with Gasteiger partial charge in [0.05, 0.1) is 37.7 Å². The number of hydrogen-bond acceptors (Lipinski definition) is 8. The molecule has 31 heavy (non-hydrogen) atoms. The van der Waals surface area contributed by atoms with Gasteiger partial charge in [-0.2, -0.15) is 10.7 Å². The number of nitrogens with one attached hydrogen (secondary N) is 3. The first-order valence-electron chi connectivity index (χ1n) is 12.7. The third-order valence-corrected chi connectivity index (χ3v) is 8.27. The number of ether oxygens (including phenoxy) is 1. The highest BCUT2D eigenvalue weighted by molar-refractivity contribution is 4.94. The van der Waals surface area contributed by atoms with Crippen LogP contribution < -0.4 is 16.1 Å². The Balaban J connectivity index is 1.09. The predicted molar refractivity (Wildman–Crippen MR) is 117 cm³/mol. The van der Waals surface area contributed by atoms with Crippen molar-refractivity contribution in [2.24, 2.45) is 17.8 Å². The summed E-state index contributed by atoms with van der Waals surface area (Å²) in [6.45, 7) is 7.12. The maximum Gasteiger partial charge on any atom is 0.146 e. The van der Waals surface area contributed by atoms with Gasteiger partial charge in [-0.25, -0.2) is 0 Å². The molecule has 0 radical (unpaired) electrons. The minimum absolute atomic E-state index is 0.0693. The van der Waals surface area contributed by atoms with E-state index in [9.17, 15) is 5.26 Å². The van der Waals surface area contributed by atoms with Crippen LogP contribution in [0.15, 0.2) is 0 Å². The summed E-state index contributed by atoms with van der Waals surface area (Å²) in [5.74, 6) is 1.49. The first-order chi connectivity index (χ1) is 15.3. The van der Waals surface area contributed by atoms with Gasteiger partial charge in [0.15, 0.2) is 0 Å². The fraction of sp³-hybridized carbons (Fsp3) is 0.957. The van der Waals surface area contributed by atoms with Gasteiger partial charge >= 0.3 is 0 Å². The van der Waals surface area contributed by atoms with Crippen LogP contribution in [0.5, 0.6) is 0 Å². The van der Waals surface area contributed by atoms with Crippen molar-refractivity contribution in [2.75, 3.05) is 45.9 Å². The second-order valence-electron chi connectivity index (χ2n) is 10.3. The number of nitrogens with zero attached hydrogens (tertiary/aromatic N) is 3. The average molecular weight is 433 g/mol. The number of likely N-dealkylation sites (tertiary alicyclic amines) is 1. The van der Waals surface area contributed by atoms with Gasteiger partial charge in [0, 0.05) is 38.0 Å². The molecule has 0 spiro atoms. The van der Waals surface area contributed by atoms with Gasteiger partial charge in [0.1, 0.15) is 6.23 Å². The summed E-state index contributed by atoms with van der Waals surface area (Å²) in [4.78, 5) is 11.3. The molecule has 1 aliphatic carbocycles. The molecule has 8 heteroatoms. The molecular weight excluding hydrogens is 392 g/mol. The van der Waals surface area contributed by atoms with Crippen molar-refractivity contribution in [3.8, 4) is 6.07 Å². The van der Waals surface area contributed by atoms with Crippen molar-refractivity contribution in [3.63, 3.8) is 0 Å². The highest BCUT2D eigenvalue weighted by atomic mass is 16.7. The van der Waals surface area contributed by atoms with Crippen LogP contribution in [0, 0.1) is 29.1 Å². The van der Waals surface area contributed by atoms with Crippen molar-refractivity contribution in [1.82, 2.24) is 25.9 Å². The molecule has 7 unspecified atom stereocenters. The Morgan fingerprint density at radius 3 is 2.71 bits per heavy atom. The van der Waals surface area contributed by atoms with Crippen LogP contribution in [-0.4, -0.2) is 80.3 Å². The molecule has 0 bridgehead atoms. The molecule has 0 amide bonds. The molecular formula is C23H40N6O2. The van der Waals surface area contributed by atoms with E-state index in [4.69, 9.17) is 9.57 Å². The largest absolute Gasteiger partial charge is 0.379 e. The monoisotopic (exact) mass is 432 g/mol. The Bertz CT molecular complexity index is 616. The maximum absolute atomic E-state index is 9.32. The van der Waals surface area contributed by atoms with Crippen LogP contribution in [0.3, 0.4) is 0 Å². The number of rotatable bonds is 5. The fourth-order valence-electron chi connectivity index (χ4n) is 6.49. The van der Waals surface area contributed by atoms with Gasteiger partial charge in [-0.15, -0.1) is 0 Å². The summed E-state index contributed by atoms with van der Waals surface area (Å²) >= 11 is 0. The lowest BCUT2D eigenvalue weighted by molar-refractivity contribution is -0.0291. The van der Waals surface area contributed by atoms with Gasteiger partial charge in [-0.1, -0.05) is 6.42 Å². The molecule has 174 valence electrons. The minimum atomic E-state index is 0.0693. The second kappa shape index (κ2) is 10.4. The second-order valence-corrected chi connectivity index (χ2v) is 10.3. The van der Waals surface area contributed by atoms with E-state index in [1.807, 2.05) is 0 Å². The Labute approximate surface area is 186 Å². The van der Waals surface area contributed by atoms with Crippen LogP contribution in [-0.2, 0) is 9.57 Å². The molecule has 5 fully saturated rings. The lowest BCUT2D eigenvalue weighted by Crippen LogP contribution is -2.57. The van der Waals surface area contributed by atoms with Gasteiger partial charge in [-0.05, 0) is 57.4 Å². The van der Waals surface area contributed by atoms with Crippen molar-refractivity contribution >= 4 is 0 Å². The zero-order valence-corrected chi connectivity index (χ0v) is 18.8. The summed E-state index contributed by atoms with van der Waals surface area (Å²) in [5, 5.41) is 16.9. The summed E-state index contributed by atoms with van der Waals surface area (Å²) in [7, 11) is 0. The average Bonchev–Trinajstić information content (AvgIpc) is 3.49. The van der Waals surface area contributed by atoms with E-state index in [1.54, 1.807) is 0 Å². The van der Waals surface area contributed by atoms with Crippen molar-refractivity contribution < 1.29 is 9.57 Å². The Kier molecular flexibility index (Phi) is 7.41. The van der Waals surface area contributed by atoms with Crippen LogP contribution in [0.25, 0.3) is 0 Å². The van der Waals surface area contributed by atoms with Gasteiger partial charge < -0.3 is 10.1 Å². The molecule has 3 N–H and O–H groups in total. The molecule has 0 aromatic heterocycles. The zero-order chi connectivity index (χ0) is 21.0. The van der Waals surface area contributed by atoms with E-state index in [0.717, 1.165) is 58.8 Å². The SMILES string of the molecule is N#CC1CCCC(CN2CCCC2C2NC(C3CCC(N4CCOCC4)NC3)NO2)C1. The summed E-state index contributed by atoms with van der Waals surface area (Å²) in [6, 6.07) is 2.95. The Morgan fingerprint density at radius 1 is 1.00 bits per heavy atom. The number of morpholine rings is 1. The molecule has 4 aliphatic heterocycles. The third-order valence-electron chi connectivity index (χ3n) is 8.27. The number of piperidine rings is 1. The summed E-state index contributed by atoms with van der Waals surface area (Å²) in [5.41, 5.74) is 3.33. The molecule has 5 aliphatic rings. The molecule has 0 aromatic carbocycles. The van der Waals surface area contributed by atoms with Gasteiger partial charge in [-0.3, -0.25) is 20.0 Å².